The van der Waals surface area contributed by atoms with Crippen molar-refractivity contribution in [3.63, 3.8) is 0 Å². The minimum atomic E-state index is -0.334. The molecule has 0 bridgehead atoms. The number of rotatable bonds is 3. The minimum absolute atomic E-state index is 0.0891. The Hall–Kier alpha value is -1.95. The van der Waals surface area contributed by atoms with E-state index in [1.165, 1.54) is 6.42 Å². The molecule has 2 fully saturated rings. The lowest BCUT2D eigenvalue weighted by atomic mass is 9.85. The van der Waals surface area contributed by atoms with Gasteiger partial charge >= 0.3 is 0 Å². The van der Waals surface area contributed by atoms with E-state index in [9.17, 15) is 4.79 Å². The number of amides is 1. The molecule has 0 spiro atoms. The van der Waals surface area contributed by atoms with Crippen LogP contribution in [0.25, 0.3) is 5.65 Å². The van der Waals surface area contributed by atoms with Crippen LogP contribution in [0.5, 0.6) is 0 Å². The second kappa shape index (κ2) is 5.11. The maximum Gasteiger partial charge on any atom is 0.253 e. The maximum atomic E-state index is 12.2. The van der Waals surface area contributed by atoms with Gasteiger partial charge in [-0.25, -0.2) is 9.50 Å². The summed E-state index contributed by atoms with van der Waals surface area (Å²) in [5, 5.41) is 7.45. The molecule has 1 aliphatic carbocycles. The van der Waals surface area contributed by atoms with Crippen LogP contribution in [0, 0.1) is 0 Å². The van der Waals surface area contributed by atoms with E-state index in [1.54, 1.807) is 4.52 Å². The van der Waals surface area contributed by atoms with Gasteiger partial charge in [-0.3, -0.25) is 4.79 Å². The largest absolute Gasteiger partial charge is 0.368 e. The number of anilines is 1. The summed E-state index contributed by atoms with van der Waals surface area (Å²) in [6, 6.07) is 3.73. The van der Waals surface area contributed by atoms with Gasteiger partial charge in [0.15, 0.2) is 11.5 Å². The van der Waals surface area contributed by atoms with Gasteiger partial charge in [-0.05, 0) is 37.8 Å². The Kier molecular flexibility index (Phi) is 3.11. The summed E-state index contributed by atoms with van der Waals surface area (Å²) in [7, 11) is 0. The second-order valence-corrected chi connectivity index (χ2v) is 5.78. The molecule has 0 aromatic carbocycles. The molecule has 1 aliphatic heterocycles. The summed E-state index contributed by atoms with van der Waals surface area (Å²) in [4.78, 5) is 16.8. The van der Waals surface area contributed by atoms with Crippen molar-refractivity contribution in [2.24, 2.45) is 0 Å². The summed E-state index contributed by atoms with van der Waals surface area (Å²) in [5.74, 6) is 1.28. The van der Waals surface area contributed by atoms with Gasteiger partial charge in [0.25, 0.3) is 5.91 Å². The summed E-state index contributed by atoms with van der Waals surface area (Å²) in [6.45, 7) is 0.666. The van der Waals surface area contributed by atoms with Crippen LogP contribution in [0.15, 0.2) is 18.3 Å². The summed E-state index contributed by atoms with van der Waals surface area (Å²) in [6.07, 6.45) is 6.84. The highest BCUT2D eigenvalue weighted by atomic mass is 16.5. The highest BCUT2D eigenvalue weighted by Crippen LogP contribution is 2.35. The van der Waals surface area contributed by atoms with Gasteiger partial charge in [0, 0.05) is 18.7 Å². The maximum absolute atomic E-state index is 12.2. The molecule has 1 N–H and O–H groups in total. The number of pyridine rings is 1. The number of ether oxygens (including phenoxy) is 1. The fourth-order valence-corrected chi connectivity index (χ4v) is 2.86. The molecule has 0 radical (unpaired) electrons. The zero-order valence-corrected chi connectivity index (χ0v) is 11.8. The van der Waals surface area contributed by atoms with Crippen molar-refractivity contribution in [1.29, 1.82) is 0 Å². The molecule has 1 saturated carbocycles. The van der Waals surface area contributed by atoms with Crippen LogP contribution in [0.2, 0.25) is 0 Å². The molecule has 1 unspecified atom stereocenters. The van der Waals surface area contributed by atoms with E-state index in [4.69, 9.17) is 4.74 Å². The lowest BCUT2D eigenvalue weighted by molar-refractivity contribution is -0.124. The Morgan fingerprint density at radius 3 is 2.95 bits per heavy atom. The number of hydrogen-bond acceptors (Lipinski definition) is 4. The van der Waals surface area contributed by atoms with E-state index in [0.717, 1.165) is 31.5 Å². The van der Waals surface area contributed by atoms with Crippen molar-refractivity contribution in [2.45, 2.75) is 44.1 Å². The third-order valence-corrected chi connectivity index (χ3v) is 4.33. The van der Waals surface area contributed by atoms with Crippen LogP contribution >= 0.6 is 0 Å². The van der Waals surface area contributed by atoms with Crippen molar-refractivity contribution in [2.75, 3.05) is 11.9 Å². The molecule has 110 valence electrons. The number of hydrogen-bond donors (Lipinski definition) is 1. The Bertz CT molecular complexity index is 671. The topological polar surface area (TPSA) is 68.5 Å². The molecular formula is C15H18N4O2. The fourth-order valence-electron chi connectivity index (χ4n) is 2.86. The van der Waals surface area contributed by atoms with Crippen molar-refractivity contribution in [3.8, 4) is 0 Å². The van der Waals surface area contributed by atoms with Crippen LogP contribution in [0.3, 0.4) is 0 Å². The van der Waals surface area contributed by atoms with E-state index < -0.39 is 0 Å². The highest BCUT2D eigenvalue weighted by molar-refractivity contribution is 5.97. The average Bonchev–Trinajstić information content (AvgIpc) is 3.05. The van der Waals surface area contributed by atoms with Gasteiger partial charge in [0.1, 0.15) is 6.10 Å². The van der Waals surface area contributed by atoms with E-state index in [0.29, 0.717) is 23.9 Å². The third-order valence-electron chi connectivity index (χ3n) is 4.33. The van der Waals surface area contributed by atoms with Crippen molar-refractivity contribution in [3.05, 3.63) is 24.2 Å². The summed E-state index contributed by atoms with van der Waals surface area (Å²) < 4.78 is 7.16. The number of fused-ring (bicyclic) bond motifs is 1. The molecule has 2 aromatic rings. The fraction of sp³-hybridized carbons (Fsp3) is 0.533. The number of carbonyl (C=O) groups excluding carboxylic acids is 1. The second-order valence-electron chi connectivity index (χ2n) is 5.78. The van der Waals surface area contributed by atoms with Crippen LogP contribution in [-0.4, -0.2) is 33.2 Å². The van der Waals surface area contributed by atoms with Gasteiger partial charge < -0.3 is 10.1 Å². The highest BCUT2D eigenvalue weighted by Gasteiger charge is 2.26. The Morgan fingerprint density at radius 1 is 1.33 bits per heavy atom. The average molecular weight is 286 g/mol. The minimum Gasteiger partial charge on any atom is -0.368 e. The Labute approximate surface area is 122 Å². The molecule has 6 nitrogen and oxygen atoms in total. The van der Waals surface area contributed by atoms with Crippen LogP contribution in [0.4, 0.5) is 5.69 Å². The zero-order valence-electron chi connectivity index (χ0n) is 11.8. The van der Waals surface area contributed by atoms with Crippen molar-refractivity contribution < 1.29 is 9.53 Å². The van der Waals surface area contributed by atoms with Gasteiger partial charge in [0.05, 0.1) is 5.69 Å². The first-order valence-electron chi connectivity index (χ1n) is 7.59. The molecule has 4 rings (SSSR count). The first-order chi connectivity index (χ1) is 10.3. The molecule has 1 atom stereocenters. The standard InChI is InChI=1S/C15H18N4O2/c20-15(12-7-3-9-21-12)16-11-6-2-8-19-14(11)17-13(18-19)10-4-1-5-10/h2,6,8,10,12H,1,3-5,7,9H2,(H,16,20). The number of nitrogens with zero attached hydrogens (tertiary/aromatic N) is 3. The van der Waals surface area contributed by atoms with E-state index in [2.05, 4.69) is 15.4 Å². The monoisotopic (exact) mass is 286 g/mol. The molecule has 6 heteroatoms. The van der Waals surface area contributed by atoms with Gasteiger partial charge in [-0.2, -0.15) is 5.10 Å². The predicted molar refractivity (Wildman–Crippen MR) is 77.2 cm³/mol. The number of nitrogens with one attached hydrogen (secondary N) is 1. The first-order valence-corrected chi connectivity index (χ1v) is 7.59. The number of carbonyl (C=O) groups is 1. The smallest absolute Gasteiger partial charge is 0.253 e. The van der Waals surface area contributed by atoms with E-state index >= 15 is 0 Å². The quantitative estimate of drug-likeness (QED) is 0.938. The Balaban J connectivity index is 1.61. The number of aromatic nitrogens is 3. The molecule has 3 heterocycles. The SMILES string of the molecule is O=C(Nc1cccn2nc(C3CCC3)nc12)C1CCCO1. The molecule has 2 aliphatic rings. The normalized spacial score (nSPS) is 22.4. The van der Waals surface area contributed by atoms with Crippen molar-refractivity contribution in [1.82, 2.24) is 14.6 Å². The summed E-state index contributed by atoms with van der Waals surface area (Å²) >= 11 is 0. The Morgan fingerprint density at radius 2 is 2.24 bits per heavy atom. The molecular weight excluding hydrogens is 268 g/mol. The molecule has 21 heavy (non-hydrogen) atoms. The zero-order chi connectivity index (χ0) is 14.2. The predicted octanol–water partition coefficient (Wildman–Crippen LogP) is 2.11. The van der Waals surface area contributed by atoms with Gasteiger partial charge in [0.2, 0.25) is 0 Å². The van der Waals surface area contributed by atoms with Crippen LogP contribution < -0.4 is 5.32 Å². The summed E-state index contributed by atoms with van der Waals surface area (Å²) in [5.41, 5.74) is 1.42. The molecule has 1 saturated heterocycles. The van der Waals surface area contributed by atoms with Crippen molar-refractivity contribution >= 4 is 17.2 Å². The van der Waals surface area contributed by atoms with Gasteiger partial charge in [-0.15, -0.1) is 0 Å². The van der Waals surface area contributed by atoms with E-state index in [1.807, 2.05) is 18.3 Å². The van der Waals surface area contributed by atoms with E-state index in [-0.39, 0.29) is 12.0 Å². The first kappa shape index (κ1) is 12.8. The molecule has 1 amide bonds. The van der Waals surface area contributed by atoms with Crippen LogP contribution in [0.1, 0.15) is 43.8 Å². The van der Waals surface area contributed by atoms with Gasteiger partial charge in [-0.1, -0.05) is 6.42 Å². The molecule has 2 aromatic heterocycles. The third kappa shape index (κ3) is 2.29. The van der Waals surface area contributed by atoms with Crippen LogP contribution in [-0.2, 0) is 9.53 Å². The lowest BCUT2D eigenvalue weighted by Crippen LogP contribution is -2.27. The lowest BCUT2D eigenvalue weighted by Gasteiger charge is -2.21.